The van der Waals surface area contributed by atoms with E-state index >= 15 is 0 Å². The number of ether oxygens (including phenoxy) is 3. The van der Waals surface area contributed by atoms with Crippen molar-refractivity contribution in [3.05, 3.63) is 27.8 Å². The van der Waals surface area contributed by atoms with Crippen molar-refractivity contribution in [2.75, 3.05) is 27.4 Å². The Hall–Kier alpha value is -2.84. The van der Waals surface area contributed by atoms with Crippen LogP contribution in [0, 0.1) is 16.0 Å². The average Bonchev–Trinajstić information content (AvgIpc) is 2.69. The van der Waals surface area contributed by atoms with Gasteiger partial charge in [0.15, 0.2) is 18.1 Å². The van der Waals surface area contributed by atoms with Crippen LogP contribution in [0.5, 0.6) is 11.5 Å². The van der Waals surface area contributed by atoms with Gasteiger partial charge >= 0.3 is 5.97 Å². The highest BCUT2D eigenvalue weighted by molar-refractivity contribution is 5.96. The third-order valence-corrected chi connectivity index (χ3v) is 4.57. The lowest BCUT2D eigenvalue weighted by Gasteiger charge is -2.21. The third kappa shape index (κ3) is 5.57. The Morgan fingerprint density at radius 1 is 1.15 bits per heavy atom. The lowest BCUT2D eigenvalue weighted by molar-refractivity contribution is -0.385. The first-order chi connectivity index (χ1) is 13.0. The number of nitro benzene ring substituents is 1. The molecule has 2 rings (SSSR count). The van der Waals surface area contributed by atoms with E-state index < -0.39 is 29.1 Å². The molecule has 1 fully saturated rings. The molecule has 1 saturated carbocycles. The van der Waals surface area contributed by atoms with E-state index in [1.807, 2.05) is 0 Å². The summed E-state index contributed by atoms with van der Waals surface area (Å²) in [4.78, 5) is 34.7. The fourth-order valence-electron chi connectivity index (χ4n) is 3.09. The van der Waals surface area contributed by atoms with E-state index in [0.29, 0.717) is 12.5 Å². The minimum absolute atomic E-state index is 0.117. The van der Waals surface area contributed by atoms with Crippen molar-refractivity contribution in [2.45, 2.75) is 32.1 Å². The number of esters is 1. The Balaban J connectivity index is 1.97. The van der Waals surface area contributed by atoms with Crippen molar-refractivity contribution in [1.29, 1.82) is 0 Å². The first-order valence-corrected chi connectivity index (χ1v) is 8.80. The van der Waals surface area contributed by atoms with Crippen molar-refractivity contribution in [3.8, 4) is 11.5 Å². The van der Waals surface area contributed by atoms with E-state index in [0.717, 1.165) is 18.9 Å². The van der Waals surface area contributed by atoms with E-state index in [9.17, 15) is 19.7 Å². The highest BCUT2D eigenvalue weighted by Gasteiger charge is 2.26. The number of carbonyl (C=O) groups is 2. The maximum Gasteiger partial charge on any atom is 0.345 e. The smallest absolute Gasteiger partial charge is 0.345 e. The molecular weight excluding hydrogens is 356 g/mol. The molecule has 1 N–H and O–H groups in total. The van der Waals surface area contributed by atoms with Crippen LogP contribution >= 0.6 is 0 Å². The maximum absolute atomic E-state index is 12.2. The van der Waals surface area contributed by atoms with Crippen molar-refractivity contribution >= 4 is 17.6 Å². The van der Waals surface area contributed by atoms with Crippen LogP contribution in [0.1, 0.15) is 42.5 Å². The quantitative estimate of drug-likeness (QED) is 0.418. The predicted octanol–water partition coefficient (Wildman–Crippen LogP) is 2.47. The van der Waals surface area contributed by atoms with Gasteiger partial charge in [-0.15, -0.1) is 0 Å². The van der Waals surface area contributed by atoms with Crippen LogP contribution in [0.3, 0.4) is 0 Å². The van der Waals surface area contributed by atoms with Crippen molar-refractivity contribution in [2.24, 2.45) is 5.92 Å². The summed E-state index contributed by atoms with van der Waals surface area (Å²) in [6, 6.07) is 2.25. The number of methoxy groups -OCH3 is 2. The van der Waals surface area contributed by atoms with Crippen LogP contribution in [0.4, 0.5) is 5.69 Å². The number of benzene rings is 1. The molecule has 0 heterocycles. The molecule has 9 nitrogen and oxygen atoms in total. The van der Waals surface area contributed by atoms with Crippen LogP contribution < -0.4 is 14.8 Å². The van der Waals surface area contributed by atoms with Crippen LogP contribution in [-0.4, -0.2) is 44.2 Å². The number of hydrogen-bond acceptors (Lipinski definition) is 7. The van der Waals surface area contributed by atoms with Gasteiger partial charge in [-0.1, -0.05) is 19.3 Å². The van der Waals surface area contributed by atoms with E-state index in [-0.39, 0.29) is 17.1 Å². The van der Waals surface area contributed by atoms with Crippen LogP contribution in [0.15, 0.2) is 12.1 Å². The Kier molecular flexibility index (Phi) is 7.39. The zero-order valence-corrected chi connectivity index (χ0v) is 15.5. The number of nitrogens with one attached hydrogen (secondary N) is 1. The summed E-state index contributed by atoms with van der Waals surface area (Å²) in [7, 11) is 2.67. The van der Waals surface area contributed by atoms with Crippen LogP contribution in [0.2, 0.25) is 0 Å². The van der Waals surface area contributed by atoms with Gasteiger partial charge in [0.1, 0.15) is 5.56 Å². The van der Waals surface area contributed by atoms with Gasteiger partial charge in [-0.2, -0.15) is 0 Å². The monoisotopic (exact) mass is 380 g/mol. The topological polar surface area (TPSA) is 117 Å². The number of amides is 1. The lowest BCUT2D eigenvalue weighted by Crippen LogP contribution is -2.33. The molecule has 0 radical (unpaired) electrons. The highest BCUT2D eigenvalue weighted by Crippen LogP contribution is 2.34. The molecule has 0 saturated heterocycles. The predicted molar refractivity (Wildman–Crippen MR) is 96.1 cm³/mol. The fraction of sp³-hybridized carbons (Fsp3) is 0.556. The second-order valence-electron chi connectivity index (χ2n) is 6.37. The highest BCUT2D eigenvalue weighted by atomic mass is 16.6. The summed E-state index contributed by atoms with van der Waals surface area (Å²) in [5.41, 5.74) is -0.794. The van der Waals surface area contributed by atoms with Gasteiger partial charge in [-0.05, 0) is 18.8 Å². The van der Waals surface area contributed by atoms with Crippen molar-refractivity contribution < 1.29 is 28.7 Å². The number of carbonyl (C=O) groups excluding carboxylic acids is 2. The summed E-state index contributed by atoms with van der Waals surface area (Å²) in [6.45, 7) is 0.0456. The number of rotatable bonds is 8. The van der Waals surface area contributed by atoms with Gasteiger partial charge in [-0.25, -0.2) is 4.79 Å². The Morgan fingerprint density at radius 2 is 1.78 bits per heavy atom. The third-order valence-electron chi connectivity index (χ3n) is 4.57. The molecule has 1 aliphatic carbocycles. The normalized spacial score (nSPS) is 14.3. The van der Waals surface area contributed by atoms with Crippen LogP contribution in [0.25, 0.3) is 0 Å². The molecule has 0 aromatic heterocycles. The van der Waals surface area contributed by atoms with Crippen molar-refractivity contribution in [3.63, 3.8) is 0 Å². The molecule has 0 atom stereocenters. The second kappa shape index (κ2) is 9.75. The summed E-state index contributed by atoms with van der Waals surface area (Å²) in [5, 5.41) is 14.0. The van der Waals surface area contributed by atoms with Gasteiger partial charge in [-0.3, -0.25) is 14.9 Å². The fourth-order valence-corrected chi connectivity index (χ4v) is 3.09. The summed E-state index contributed by atoms with van der Waals surface area (Å²) in [6.07, 6.45) is 5.72. The SMILES string of the molecule is COc1cc(C(=O)OCC(=O)NCC2CCCCC2)c([N+](=O)[O-])cc1OC. The molecule has 0 unspecified atom stereocenters. The van der Waals surface area contributed by atoms with E-state index in [2.05, 4.69) is 5.32 Å². The van der Waals surface area contributed by atoms with Gasteiger partial charge in [0.2, 0.25) is 0 Å². The molecule has 148 valence electrons. The molecule has 1 aromatic carbocycles. The molecule has 0 spiro atoms. The largest absolute Gasteiger partial charge is 0.493 e. The zero-order valence-electron chi connectivity index (χ0n) is 15.5. The molecular formula is C18H24N2O7. The number of nitro groups is 1. The first-order valence-electron chi connectivity index (χ1n) is 8.80. The summed E-state index contributed by atoms with van der Waals surface area (Å²) < 4.78 is 15.0. The van der Waals surface area contributed by atoms with Gasteiger partial charge < -0.3 is 19.5 Å². The van der Waals surface area contributed by atoms with Crippen molar-refractivity contribution in [1.82, 2.24) is 5.32 Å². The maximum atomic E-state index is 12.2. The molecule has 0 bridgehead atoms. The molecule has 0 aliphatic heterocycles. The minimum atomic E-state index is -0.976. The van der Waals surface area contributed by atoms with Gasteiger partial charge in [0, 0.05) is 12.6 Å². The summed E-state index contributed by atoms with van der Waals surface area (Å²) >= 11 is 0. The van der Waals surface area contributed by atoms with E-state index in [1.165, 1.54) is 39.5 Å². The molecule has 1 amide bonds. The van der Waals surface area contributed by atoms with Crippen LogP contribution in [-0.2, 0) is 9.53 Å². The van der Waals surface area contributed by atoms with Gasteiger partial charge in [0.05, 0.1) is 25.2 Å². The second-order valence-corrected chi connectivity index (χ2v) is 6.37. The zero-order chi connectivity index (χ0) is 19.8. The number of nitrogens with zero attached hydrogens (tertiary/aromatic N) is 1. The summed E-state index contributed by atoms with van der Waals surface area (Å²) in [5.74, 6) is -0.694. The van der Waals surface area contributed by atoms with E-state index in [1.54, 1.807) is 0 Å². The Bertz CT molecular complexity index is 699. The lowest BCUT2D eigenvalue weighted by atomic mass is 9.89. The number of hydrogen-bond donors (Lipinski definition) is 1. The minimum Gasteiger partial charge on any atom is -0.493 e. The molecule has 1 aromatic rings. The Morgan fingerprint density at radius 3 is 2.37 bits per heavy atom. The standard InChI is InChI=1S/C18H24N2O7/c1-25-15-8-13(14(20(23)24)9-16(15)26-2)18(22)27-11-17(21)19-10-12-6-4-3-5-7-12/h8-9,12H,3-7,10-11H2,1-2H3,(H,19,21). The van der Waals surface area contributed by atoms with Gasteiger partial charge in [0.25, 0.3) is 11.6 Å². The Labute approximate surface area is 157 Å². The average molecular weight is 380 g/mol. The first kappa shape index (κ1) is 20.5. The molecule has 27 heavy (non-hydrogen) atoms. The molecule has 1 aliphatic rings. The van der Waals surface area contributed by atoms with E-state index in [4.69, 9.17) is 14.2 Å². The molecule has 9 heteroatoms.